The molecule has 0 bridgehead atoms. The Kier molecular flexibility index (Phi) is 7.10. The highest BCUT2D eigenvalue weighted by Crippen LogP contribution is 2.45. The Balaban J connectivity index is 1.98. The first-order valence-corrected chi connectivity index (χ1v) is 12.1. The van der Waals surface area contributed by atoms with Gasteiger partial charge in [-0.25, -0.2) is 0 Å². The van der Waals surface area contributed by atoms with Gasteiger partial charge in [-0.3, -0.25) is 19.2 Å². The van der Waals surface area contributed by atoms with Crippen molar-refractivity contribution in [1.82, 2.24) is 0 Å². The molecule has 180 valence electrons. The fourth-order valence-electron chi connectivity index (χ4n) is 4.31. The molecule has 0 spiro atoms. The van der Waals surface area contributed by atoms with Crippen molar-refractivity contribution in [1.29, 1.82) is 0 Å². The van der Waals surface area contributed by atoms with Crippen LogP contribution in [0.15, 0.2) is 53.6 Å². The summed E-state index contributed by atoms with van der Waals surface area (Å²) in [5, 5.41) is 0. The summed E-state index contributed by atoms with van der Waals surface area (Å²) in [6, 6.07) is 11.9. The van der Waals surface area contributed by atoms with Gasteiger partial charge in [-0.05, 0) is 25.8 Å². The lowest BCUT2D eigenvalue weighted by Gasteiger charge is -2.29. The number of ether oxygens (including phenoxy) is 2. The van der Waals surface area contributed by atoms with Crippen LogP contribution in [0.4, 0.5) is 0 Å². The second-order valence-electron chi connectivity index (χ2n) is 8.82. The monoisotopic (exact) mass is 472 g/mol. The molecule has 6 nitrogen and oxygen atoms in total. The summed E-state index contributed by atoms with van der Waals surface area (Å²) in [6.45, 7) is 5.79. The number of esters is 2. The summed E-state index contributed by atoms with van der Waals surface area (Å²) in [6.07, 6.45) is 3.27. The number of carbonyl (C=O) groups is 4. The Hall–Kier alpha value is -3.80. The molecule has 0 aromatic heterocycles. The van der Waals surface area contributed by atoms with E-state index < -0.39 is 23.5 Å². The van der Waals surface area contributed by atoms with Crippen molar-refractivity contribution < 1.29 is 28.7 Å². The molecule has 2 aromatic rings. The van der Waals surface area contributed by atoms with Crippen molar-refractivity contribution in [2.24, 2.45) is 0 Å². The van der Waals surface area contributed by atoms with E-state index in [4.69, 9.17) is 9.47 Å². The zero-order chi connectivity index (χ0) is 25.1. The van der Waals surface area contributed by atoms with Crippen LogP contribution in [-0.2, 0) is 19.1 Å². The van der Waals surface area contributed by atoms with E-state index in [9.17, 15) is 19.2 Å². The van der Waals surface area contributed by atoms with Crippen LogP contribution < -0.4 is 0 Å². The standard InChI is InChI=1S/C29H28O6/c1-4-6-12-22(30)34-28-20-11-9-8-10-18(20)26(32)25-24(28)27(33)19-15-14-17(3)16-21(19)29(25)35-23(31)13-7-5-2/h8-11,14-16H,4-7,12-13H2,1-3H3. The highest BCUT2D eigenvalue weighted by molar-refractivity contribution is 6.34. The Morgan fingerprint density at radius 2 is 1.17 bits per heavy atom. The number of benzene rings is 2. The lowest BCUT2D eigenvalue weighted by atomic mass is 9.76. The van der Waals surface area contributed by atoms with Gasteiger partial charge in [0.2, 0.25) is 0 Å². The van der Waals surface area contributed by atoms with E-state index in [2.05, 4.69) is 0 Å². The molecule has 0 heterocycles. The van der Waals surface area contributed by atoms with Crippen LogP contribution in [0, 0.1) is 6.92 Å². The van der Waals surface area contributed by atoms with Crippen molar-refractivity contribution in [3.8, 4) is 0 Å². The quantitative estimate of drug-likeness (QED) is 0.440. The van der Waals surface area contributed by atoms with Crippen LogP contribution in [0.2, 0.25) is 0 Å². The molecule has 2 aromatic carbocycles. The summed E-state index contributed by atoms with van der Waals surface area (Å²) in [4.78, 5) is 52.8. The Bertz CT molecular complexity index is 1290. The maximum absolute atomic E-state index is 13.8. The third kappa shape index (κ3) is 4.61. The summed E-state index contributed by atoms with van der Waals surface area (Å²) in [5.41, 5.74) is 2.13. The lowest BCUT2D eigenvalue weighted by molar-refractivity contribution is -0.137. The molecular formula is C29H28O6. The van der Waals surface area contributed by atoms with E-state index in [1.165, 1.54) is 0 Å². The molecule has 0 saturated heterocycles. The molecule has 6 heteroatoms. The van der Waals surface area contributed by atoms with Crippen LogP contribution >= 0.6 is 0 Å². The summed E-state index contributed by atoms with van der Waals surface area (Å²) in [5.74, 6) is -1.77. The van der Waals surface area contributed by atoms with Crippen LogP contribution in [-0.4, -0.2) is 23.5 Å². The van der Waals surface area contributed by atoms with Crippen LogP contribution in [0.5, 0.6) is 0 Å². The predicted octanol–water partition coefficient (Wildman–Crippen LogP) is 5.98. The largest absolute Gasteiger partial charge is 0.425 e. The fourth-order valence-corrected chi connectivity index (χ4v) is 4.31. The first-order chi connectivity index (χ1) is 16.9. The highest BCUT2D eigenvalue weighted by atomic mass is 16.5. The lowest BCUT2D eigenvalue weighted by Crippen LogP contribution is -2.29. The maximum atomic E-state index is 13.8. The molecule has 2 aliphatic rings. The van der Waals surface area contributed by atoms with Crippen LogP contribution in [0.25, 0.3) is 11.5 Å². The van der Waals surface area contributed by atoms with Gasteiger partial charge in [0.1, 0.15) is 0 Å². The van der Waals surface area contributed by atoms with Gasteiger partial charge in [-0.2, -0.15) is 0 Å². The summed E-state index contributed by atoms with van der Waals surface area (Å²) < 4.78 is 11.5. The van der Waals surface area contributed by atoms with E-state index in [0.717, 1.165) is 18.4 Å². The van der Waals surface area contributed by atoms with Crippen molar-refractivity contribution >= 4 is 35.0 Å². The molecule has 35 heavy (non-hydrogen) atoms. The van der Waals surface area contributed by atoms with Gasteiger partial charge in [-0.15, -0.1) is 0 Å². The first kappa shape index (κ1) is 24.3. The number of rotatable bonds is 8. The number of carbonyl (C=O) groups excluding carboxylic acids is 4. The van der Waals surface area contributed by atoms with Gasteiger partial charge >= 0.3 is 11.9 Å². The Morgan fingerprint density at radius 3 is 1.71 bits per heavy atom. The third-order valence-corrected chi connectivity index (χ3v) is 6.14. The summed E-state index contributed by atoms with van der Waals surface area (Å²) >= 11 is 0. The number of fused-ring (bicyclic) bond motifs is 3. The molecule has 2 aliphatic carbocycles. The molecule has 0 radical (unpaired) electrons. The van der Waals surface area contributed by atoms with E-state index in [1.807, 2.05) is 20.8 Å². The predicted molar refractivity (Wildman–Crippen MR) is 131 cm³/mol. The maximum Gasteiger partial charge on any atom is 0.311 e. The molecule has 0 saturated carbocycles. The number of ketones is 2. The van der Waals surface area contributed by atoms with E-state index in [0.29, 0.717) is 29.5 Å². The Morgan fingerprint density at radius 1 is 0.686 bits per heavy atom. The van der Waals surface area contributed by atoms with E-state index in [-0.39, 0.29) is 41.1 Å². The van der Waals surface area contributed by atoms with Crippen molar-refractivity contribution in [3.63, 3.8) is 0 Å². The third-order valence-electron chi connectivity index (χ3n) is 6.14. The number of hydrogen-bond acceptors (Lipinski definition) is 6. The van der Waals surface area contributed by atoms with Crippen molar-refractivity contribution in [3.05, 3.63) is 81.4 Å². The van der Waals surface area contributed by atoms with Crippen LogP contribution in [0.1, 0.15) is 89.8 Å². The zero-order valence-corrected chi connectivity index (χ0v) is 20.2. The number of Topliss-reactive ketones (excluding diaryl/α,β-unsaturated/α-hetero) is 2. The SMILES string of the molecule is CCCCC(=O)OC1=C2C(=O)c3ccc(C)cc3C(OC(=O)CCCC)=C2C(=O)c2ccccc21. The van der Waals surface area contributed by atoms with Gasteiger partial charge in [0.05, 0.1) is 11.1 Å². The highest BCUT2D eigenvalue weighted by Gasteiger charge is 2.43. The molecule has 0 N–H and O–H groups in total. The smallest absolute Gasteiger partial charge is 0.311 e. The van der Waals surface area contributed by atoms with Gasteiger partial charge in [0.25, 0.3) is 0 Å². The number of hydrogen-bond donors (Lipinski definition) is 0. The molecule has 4 rings (SSSR count). The minimum Gasteiger partial charge on any atom is -0.425 e. The zero-order valence-electron chi connectivity index (χ0n) is 20.2. The second-order valence-corrected chi connectivity index (χ2v) is 8.82. The average molecular weight is 473 g/mol. The number of allylic oxidation sites excluding steroid dienone is 2. The molecule has 0 aliphatic heterocycles. The molecule has 0 amide bonds. The minimum atomic E-state index is -0.484. The number of unbranched alkanes of at least 4 members (excludes halogenated alkanes) is 2. The molecule has 0 fully saturated rings. The van der Waals surface area contributed by atoms with E-state index in [1.54, 1.807) is 42.5 Å². The second kappa shape index (κ2) is 10.2. The Labute approximate surface area is 204 Å². The topological polar surface area (TPSA) is 86.7 Å². The fraction of sp³-hybridized carbons (Fsp3) is 0.310. The molecular weight excluding hydrogens is 444 g/mol. The van der Waals surface area contributed by atoms with E-state index >= 15 is 0 Å². The van der Waals surface area contributed by atoms with Gasteiger partial charge in [0, 0.05) is 35.1 Å². The average Bonchev–Trinajstić information content (AvgIpc) is 2.85. The first-order valence-electron chi connectivity index (χ1n) is 12.1. The van der Waals surface area contributed by atoms with Crippen LogP contribution in [0.3, 0.4) is 0 Å². The van der Waals surface area contributed by atoms with Gasteiger partial charge in [0.15, 0.2) is 23.1 Å². The van der Waals surface area contributed by atoms with Gasteiger partial charge in [-0.1, -0.05) is 68.7 Å². The van der Waals surface area contributed by atoms with Gasteiger partial charge < -0.3 is 9.47 Å². The molecule has 0 unspecified atom stereocenters. The van der Waals surface area contributed by atoms with Crippen molar-refractivity contribution in [2.45, 2.75) is 59.3 Å². The normalized spacial score (nSPS) is 14.4. The molecule has 0 atom stereocenters. The minimum absolute atomic E-state index is 0.0325. The summed E-state index contributed by atoms with van der Waals surface area (Å²) in [7, 11) is 0. The van der Waals surface area contributed by atoms with Crippen molar-refractivity contribution in [2.75, 3.05) is 0 Å². The number of aryl methyl sites for hydroxylation is 1.